The minimum Gasteiger partial charge on any atom is -0.493 e. The van der Waals surface area contributed by atoms with Gasteiger partial charge in [-0.25, -0.2) is 0 Å². The Bertz CT molecular complexity index is 1110. The van der Waals surface area contributed by atoms with E-state index >= 15 is 0 Å². The number of halogens is 2. The first-order valence-corrected chi connectivity index (χ1v) is 9.95. The third-order valence-electron chi connectivity index (χ3n) is 4.24. The molecule has 1 aliphatic heterocycles. The molecule has 0 saturated carbocycles. The molecule has 0 radical (unpaired) electrons. The van der Waals surface area contributed by atoms with Crippen LogP contribution >= 0.6 is 11.8 Å². The van der Waals surface area contributed by atoms with Gasteiger partial charge in [-0.05, 0) is 41.6 Å². The fourth-order valence-corrected chi connectivity index (χ4v) is 3.61. The summed E-state index contributed by atoms with van der Waals surface area (Å²) in [5.41, 5.74) is 0.326. The molecule has 1 aromatic carbocycles. The summed E-state index contributed by atoms with van der Waals surface area (Å²) in [6, 6.07) is 6.67. The summed E-state index contributed by atoms with van der Waals surface area (Å²) >= 11 is 0.716. The third kappa shape index (κ3) is 5.52. The number of hydrogen-bond acceptors (Lipinski definition) is 7. The summed E-state index contributed by atoms with van der Waals surface area (Å²) in [5, 5.41) is 2.05. The molecule has 12 heteroatoms. The Labute approximate surface area is 184 Å². The van der Waals surface area contributed by atoms with Gasteiger partial charge in [-0.15, -0.1) is 0 Å². The van der Waals surface area contributed by atoms with Gasteiger partial charge in [0, 0.05) is 25.4 Å². The lowest BCUT2D eigenvalue weighted by Crippen LogP contribution is -2.37. The number of nitrogens with one attached hydrogen (secondary N) is 2. The highest BCUT2D eigenvalue weighted by Gasteiger charge is 2.34. The van der Waals surface area contributed by atoms with E-state index in [0.717, 1.165) is 4.90 Å². The number of carbonyl (C=O) groups is 3. The lowest BCUT2D eigenvalue weighted by molar-refractivity contribution is -0.122. The first kappa shape index (κ1) is 23.0. The van der Waals surface area contributed by atoms with E-state index in [1.165, 1.54) is 49.7 Å². The van der Waals surface area contributed by atoms with Crippen molar-refractivity contribution in [2.75, 3.05) is 20.2 Å². The zero-order valence-electron chi connectivity index (χ0n) is 16.6. The van der Waals surface area contributed by atoms with Crippen LogP contribution in [0, 0.1) is 0 Å². The Hall–Kier alpha value is -3.67. The first-order valence-electron chi connectivity index (χ1n) is 9.13. The van der Waals surface area contributed by atoms with E-state index in [1.807, 2.05) is 0 Å². The van der Waals surface area contributed by atoms with Crippen molar-refractivity contribution in [3.8, 4) is 11.5 Å². The van der Waals surface area contributed by atoms with Crippen molar-refractivity contribution in [3.05, 3.63) is 62.9 Å². The van der Waals surface area contributed by atoms with Crippen LogP contribution in [0.15, 0.2) is 46.2 Å². The number of hydrogen-bond donors (Lipinski definition) is 2. The highest BCUT2D eigenvalue weighted by Crippen LogP contribution is 2.34. The molecule has 1 fully saturated rings. The number of benzene rings is 1. The normalized spacial score (nSPS) is 14.9. The lowest BCUT2D eigenvalue weighted by atomic mass is 10.2. The van der Waals surface area contributed by atoms with E-state index < -0.39 is 23.7 Å². The van der Waals surface area contributed by atoms with Crippen molar-refractivity contribution in [1.29, 1.82) is 0 Å². The summed E-state index contributed by atoms with van der Waals surface area (Å²) in [5.74, 6) is -1.14. The molecule has 32 heavy (non-hydrogen) atoms. The highest BCUT2D eigenvalue weighted by atomic mass is 32.2. The molecule has 0 atom stereocenters. The van der Waals surface area contributed by atoms with Gasteiger partial charge in [-0.1, -0.05) is 6.07 Å². The van der Waals surface area contributed by atoms with Crippen LogP contribution in [0.1, 0.15) is 15.9 Å². The number of aromatic amines is 1. The van der Waals surface area contributed by atoms with Gasteiger partial charge in [0.1, 0.15) is 0 Å². The van der Waals surface area contributed by atoms with E-state index in [4.69, 9.17) is 4.74 Å². The standard InChI is InChI=1S/C20H17F2N3O6S/c1-30-14-8-11(2-4-13(14)31-19(21)22)9-15-18(28)25(20(29)32-15)7-6-23-17(27)12-3-5-16(26)24-10-12/h2-5,8-10,19H,6-7H2,1H3,(H,23,27)(H,24,26)/b15-9-. The molecule has 168 valence electrons. The Balaban J connectivity index is 1.63. The van der Waals surface area contributed by atoms with E-state index in [2.05, 4.69) is 15.0 Å². The van der Waals surface area contributed by atoms with Gasteiger partial charge in [0.05, 0.1) is 17.6 Å². The van der Waals surface area contributed by atoms with Crippen LogP contribution in [0.2, 0.25) is 0 Å². The Morgan fingerprint density at radius 1 is 1.22 bits per heavy atom. The largest absolute Gasteiger partial charge is 0.493 e. The van der Waals surface area contributed by atoms with E-state index in [0.29, 0.717) is 17.3 Å². The maximum absolute atomic E-state index is 12.6. The Morgan fingerprint density at radius 3 is 2.66 bits per heavy atom. The van der Waals surface area contributed by atoms with Crippen molar-refractivity contribution in [1.82, 2.24) is 15.2 Å². The number of nitrogens with zero attached hydrogens (tertiary/aromatic N) is 1. The van der Waals surface area contributed by atoms with Crippen molar-refractivity contribution in [2.45, 2.75) is 6.61 Å². The number of amides is 3. The molecule has 1 aromatic heterocycles. The molecule has 3 amide bonds. The highest BCUT2D eigenvalue weighted by molar-refractivity contribution is 8.18. The smallest absolute Gasteiger partial charge is 0.387 e. The van der Waals surface area contributed by atoms with Crippen LogP contribution in [-0.4, -0.2) is 53.7 Å². The van der Waals surface area contributed by atoms with Gasteiger partial charge in [0.15, 0.2) is 11.5 Å². The molecule has 9 nitrogen and oxygen atoms in total. The van der Waals surface area contributed by atoms with E-state index in [1.54, 1.807) is 0 Å². The Kier molecular flexibility index (Phi) is 7.25. The molecule has 0 spiro atoms. The van der Waals surface area contributed by atoms with Crippen LogP contribution in [0.4, 0.5) is 13.6 Å². The maximum Gasteiger partial charge on any atom is 0.387 e. The predicted molar refractivity (Wildman–Crippen MR) is 112 cm³/mol. The van der Waals surface area contributed by atoms with Crippen LogP contribution in [0.5, 0.6) is 11.5 Å². The molecule has 0 bridgehead atoms. The number of aromatic nitrogens is 1. The number of H-pyrrole nitrogens is 1. The number of pyridine rings is 1. The van der Waals surface area contributed by atoms with Crippen LogP contribution < -0.4 is 20.3 Å². The number of thioether (sulfide) groups is 1. The molecular weight excluding hydrogens is 448 g/mol. The number of rotatable bonds is 8. The van der Waals surface area contributed by atoms with Gasteiger partial charge in [-0.2, -0.15) is 8.78 Å². The molecule has 3 rings (SSSR count). The zero-order valence-corrected chi connectivity index (χ0v) is 17.4. The van der Waals surface area contributed by atoms with Gasteiger partial charge in [0.2, 0.25) is 5.56 Å². The molecule has 2 heterocycles. The first-order chi connectivity index (χ1) is 15.3. The molecule has 2 N–H and O–H groups in total. The van der Waals surface area contributed by atoms with Crippen LogP contribution in [0.3, 0.4) is 0 Å². The summed E-state index contributed by atoms with van der Waals surface area (Å²) in [4.78, 5) is 51.4. The minimum absolute atomic E-state index is 0.0107. The van der Waals surface area contributed by atoms with Gasteiger partial charge in [-0.3, -0.25) is 24.1 Å². The van der Waals surface area contributed by atoms with Gasteiger partial charge in [0.25, 0.3) is 17.1 Å². The average molecular weight is 465 g/mol. The average Bonchev–Trinajstić information content (AvgIpc) is 3.02. The Morgan fingerprint density at radius 2 is 2.00 bits per heavy atom. The fraction of sp³-hybridized carbons (Fsp3) is 0.200. The van der Waals surface area contributed by atoms with E-state index in [-0.39, 0.29) is 40.6 Å². The van der Waals surface area contributed by atoms with Crippen molar-refractivity contribution in [2.24, 2.45) is 0 Å². The summed E-state index contributed by atoms with van der Waals surface area (Å²) in [6.45, 7) is -3.06. The molecule has 1 saturated heterocycles. The van der Waals surface area contributed by atoms with Gasteiger partial charge >= 0.3 is 6.61 Å². The molecule has 0 aliphatic carbocycles. The van der Waals surface area contributed by atoms with E-state index in [9.17, 15) is 28.0 Å². The summed E-state index contributed by atoms with van der Waals surface area (Å²) in [6.07, 6.45) is 2.69. The molecule has 0 unspecified atom stereocenters. The van der Waals surface area contributed by atoms with Crippen molar-refractivity contribution in [3.63, 3.8) is 0 Å². The summed E-state index contributed by atoms with van der Waals surface area (Å²) < 4.78 is 34.3. The fourth-order valence-electron chi connectivity index (χ4n) is 2.75. The van der Waals surface area contributed by atoms with Crippen LogP contribution in [-0.2, 0) is 4.79 Å². The van der Waals surface area contributed by atoms with Crippen LogP contribution in [0.25, 0.3) is 6.08 Å². The second-order valence-electron chi connectivity index (χ2n) is 6.32. The number of ether oxygens (including phenoxy) is 2. The molecule has 1 aliphatic rings. The third-order valence-corrected chi connectivity index (χ3v) is 5.15. The molecule has 2 aromatic rings. The quantitative estimate of drug-likeness (QED) is 0.575. The minimum atomic E-state index is -3.02. The zero-order chi connectivity index (χ0) is 23.3. The lowest BCUT2D eigenvalue weighted by Gasteiger charge is -2.13. The maximum atomic E-state index is 12.6. The number of alkyl halides is 2. The molecular formula is C20H17F2N3O6S. The van der Waals surface area contributed by atoms with Gasteiger partial charge < -0.3 is 19.8 Å². The monoisotopic (exact) mass is 465 g/mol. The SMILES string of the molecule is COc1cc(/C=C2\SC(=O)N(CCNC(=O)c3ccc(=O)[nH]c3)C2=O)ccc1OC(F)F. The number of carbonyl (C=O) groups excluding carboxylic acids is 3. The topological polar surface area (TPSA) is 118 Å². The number of methoxy groups -OCH3 is 1. The van der Waals surface area contributed by atoms with Crippen molar-refractivity contribution >= 4 is 34.9 Å². The second-order valence-corrected chi connectivity index (χ2v) is 7.31. The predicted octanol–water partition coefficient (Wildman–Crippen LogP) is 2.45. The second kappa shape index (κ2) is 10.1. The van der Waals surface area contributed by atoms with Crippen molar-refractivity contribution < 1.29 is 32.6 Å². The number of imide groups is 1. The summed E-state index contributed by atoms with van der Waals surface area (Å²) in [7, 11) is 1.28.